The summed E-state index contributed by atoms with van der Waals surface area (Å²) >= 11 is 0. The highest BCUT2D eigenvalue weighted by atomic mass is 14.5. The van der Waals surface area contributed by atoms with Gasteiger partial charge in [-0.25, -0.2) is 0 Å². The molecule has 0 atom stereocenters. The Bertz CT molecular complexity index is 1560. The Labute approximate surface area is 222 Å². The summed E-state index contributed by atoms with van der Waals surface area (Å²) in [6, 6.07) is 37.6. The summed E-state index contributed by atoms with van der Waals surface area (Å²) < 4.78 is 0. The molecular formula is C37H36. The highest BCUT2D eigenvalue weighted by Crippen LogP contribution is 2.58. The van der Waals surface area contributed by atoms with Gasteiger partial charge in [-0.05, 0) is 81.0 Å². The molecule has 0 radical (unpaired) electrons. The number of benzene rings is 5. The van der Waals surface area contributed by atoms with Crippen LogP contribution in [-0.4, -0.2) is 0 Å². The Kier molecular flexibility index (Phi) is 5.60. The molecule has 0 saturated heterocycles. The van der Waals surface area contributed by atoms with Gasteiger partial charge in [0.05, 0.1) is 5.41 Å². The molecule has 37 heavy (non-hydrogen) atoms. The average molecular weight is 481 g/mol. The summed E-state index contributed by atoms with van der Waals surface area (Å²) in [5.41, 5.74) is 13.2. The zero-order valence-electron chi connectivity index (χ0n) is 22.9. The summed E-state index contributed by atoms with van der Waals surface area (Å²) in [4.78, 5) is 0. The van der Waals surface area contributed by atoms with Crippen LogP contribution in [0.1, 0.15) is 84.0 Å². The second kappa shape index (κ2) is 8.73. The van der Waals surface area contributed by atoms with E-state index < -0.39 is 0 Å². The lowest BCUT2D eigenvalue weighted by molar-refractivity contribution is 0.767. The SMILES string of the molecule is Cc1ccc2c(c1)C(c1ccc(C(C)C)cc1)(c1ccc(C(C)C)cc1)c1c-2ccc2cc(C)ccc12. The second-order valence-corrected chi connectivity index (χ2v) is 11.6. The van der Waals surface area contributed by atoms with Crippen LogP contribution in [0.3, 0.4) is 0 Å². The number of fused-ring (bicyclic) bond motifs is 5. The van der Waals surface area contributed by atoms with E-state index in [0.29, 0.717) is 11.8 Å². The van der Waals surface area contributed by atoms with Crippen molar-refractivity contribution in [2.45, 2.75) is 58.8 Å². The van der Waals surface area contributed by atoms with E-state index >= 15 is 0 Å². The van der Waals surface area contributed by atoms with E-state index in [0.717, 1.165) is 0 Å². The molecule has 0 aliphatic heterocycles. The Morgan fingerprint density at radius 3 is 1.59 bits per heavy atom. The van der Waals surface area contributed by atoms with Gasteiger partial charge in [-0.3, -0.25) is 0 Å². The summed E-state index contributed by atoms with van der Waals surface area (Å²) in [6.07, 6.45) is 0. The number of aryl methyl sites for hydroxylation is 2. The molecule has 0 saturated carbocycles. The van der Waals surface area contributed by atoms with Gasteiger partial charge >= 0.3 is 0 Å². The first-order chi connectivity index (χ1) is 17.8. The highest BCUT2D eigenvalue weighted by molar-refractivity contribution is 6.00. The molecule has 0 amide bonds. The summed E-state index contributed by atoms with van der Waals surface area (Å²) in [5.74, 6) is 1.01. The van der Waals surface area contributed by atoms with Crippen molar-refractivity contribution in [3.05, 3.63) is 142 Å². The zero-order valence-corrected chi connectivity index (χ0v) is 22.9. The average Bonchev–Trinajstić information content (AvgIpc) is 3.19. The maximum absolute atomic E-state index is 2.43. The van der Waals surface area contributed by atoms with Gasteiger partial charge in [-0.1, -0.05) is 136 Å². The molecule has 0 fully saturated rings. The van der Waals surface area contributed by atoms with Crippen molar-refractivity contribution in [3.8, 4) is 11.1 Å². The molecule has 0 heterocycles. The van der Waals surface area contributed by atoms with Gasteiger partial charge in [-0.2, -0.15) is 0 Å². The minimum absolute atomic E-state index is 0.378. The van der Waals surface area contributed by atoms with Gasteiger partial charge in [0.2, 0.25) is 0 Å². The van der Waals surface area contributed by atoms with Crippen LogP contribution in [0, 0.1) is 13.8 Å². The molecule has 0 nitrogen and oxygen atoms in total. The van der Waals surface area contributed by atoms with Crippen LogP contribution >= 0.6 is 0 Å². The van der Waals surface area contributed by atoms with E-state index in [1.165, 1.54) is 66.4 Å². The molecule has 0 unspecified atom stereocenters. The van der Waals surface area contributed by atoms with Crippen LogP contribution in [-0.2, 0) is 5.41 Å². The van der Waals surface area contributed by atoms with E-state index in [1.54, 1.807) is 0 Å². The van der Waals surface area contributed by atoms with Crippen LogP contribution in [0.5, 0.6) is 0 Å². The fourth-order valence-electron chi connectivity index (χ4n) is 6.42. The van der Waals surface area contributed by atoms with Gasteiger partial charge in [0.15, 0.2) is 0 Å². The first-order valence-corrected chi connectivity index (χ1v) is 13.7. The standard InChI is InChI=1S/C37H36/c1-23(2)27-9-14-30(15-10-27)37(31-16-11-28(12-17-31)24(3)4)35-22-26(6)8-19-33(35)34-20-13-29-21-25(5)7-18-32(29)36(34)37/h7-24H,1-6H3. The van der Waals surface area contributed by atoms with Crippen LogP contribution in [0.2, 0.25) is 0 Å². The lowest BCUT2D eigenvalue weighted by Crippen LogP contribution is -2.29. The molecule has 5 aromatic carbocycles. The molecule has 0 heteroatoms. The maximum Gasteiger partial charge on any atom is 0.0719 e. The van der Waals surface area contributed by atoms with Gasteiger partial charge in [0.1, 0.15) is 0 Å². The quantitative estimate of drug-likeness (QED) is 0.235. The predicted octanol–water partition coefficient (Wildman–Crippen LogP) is 10.1. The van der Waals surface area contributed by atoms with Gasteiger partial charge in [0, 0.05) is 0 Å². The molecule has 5 aromatic rings. The van der Waals surface area contributed by atoms with E-state index in [1.807, 2.05) is 0 Å². The van der Waals surface area contributed by atoms with Crippen LogP contribution in [0.15, 0.2) is 97.1 Å². The van der Waals surface area contributed by atoms with Gasteiger partial charge in [0.25, 0.3) is 0 Å². The third kappa shape index (κ3) is 3.57. The fraction of sp³-hybridized carbons (Fsp3) is 0.243. The minimum atomic E-state index is -0.378. The number of rotatable bonds is 4. The van der Waals surface area contributed by atoms with E-state index in [9.17, 15) is 0 Å². The Balaban J connectivity index is 1.78. The van der Waals surface area contributed by atoms with Crippen LogP contribution in [0.25, 0.3) is 21.9 Å². The maximum atomic E-state index is 2.43. The third-order valence-electron chi connectivity index (χ3n) is 8.44. The second-order valence-electron chi connectivity index (χ2n) is 11.6. The van der Waals surface area contributed by atoms with E-state index in [2.05, 4.69) is 139 Å². The van der Waals surface area contributed by atoms with Crippen LogP contribution in [0.4, 0.5) is 0 Å². The molecule has 0 aromatic heterocycles. The van der Waals surface area contributed by atoms with Crippen molar-refractivity contribution in [1.82, 2.24) is 0 Å². The monoisotopic (exact) mass is 480 g/mol. The van der Waals surface area contributed by atoms with E-state index in [4.69, 9.17) is 0 Å². The van der Waals surface area contributed by atoms with Crippen molar-refractivity contribution in [1.29, 1.82) is 0 Å². The molecule has 1 aliphatic carbocycles. The molecule has 6 rings (SSSR count). The summed E-state index contributed by atoms with van der Waals surface area (Å²) in [7, 11) is 0. The summed E-state index contributed by atoms with van der Waals surface area (Å²) in [6.45, 7) is 13.5. The molecule has 0 spiro atoms. The lowest BCUT2D eigenvalue weighted by atomic mass is 9.66. The van der Waals surface area contributed by atoms with Crippen LogP contribution < -0.4 is 0 Å². The molecule has 1 aliphatic rings. The largest absolute Gasteiger partial charge is 0.0719 e. The Hall–Kier alpha value is -3.64. The first kappa shape index (κ1) is 23.7. The number of hydrogen-bond acceptors (Lipinski definition) is 0. The minimum Gasteiger partial charge on any atom is -0.0587 e. The number of hydrogen-bond donors (Lipinski definition) is 0. The fourth-order valence-corrected chi connectivity index (χ4v) is 6.42. The van der Waals surface area contributed by atoms with Crippen molar-refractivity contribution < 1.29 is 0 Å². The first-order valence-electron chi connectivity index (χ1n) is 13.7. The van der Waals surface area contributed by atoms with Gasteiger partial charge < -0.3 is 0 Å². The normalized spacial score (nSPS) is 13.8. The van der Waals surface area contributed by atoms with Crippen molar-refractivity contribution in [3.63, 3.8) is 0 Å². The van der Waals surface area contributed by atoms with E-state index in [-0.39, 0.29) is 5.41 Å². The highest BCUT2D eigenvalue weighted by Gasteiger charge is 2.47. The third-order valence-corrected chi connectivity index (χ3v) is 8.44. The Morgan fingerprint density at radius 2 is 1.03 bits per heavy atom. The zero-order chi connectivity index (χ0) is 25.9. The topological polar surface area (TPSA) is 0 Å². The summed E-state index contributed by atoms with van der Waals surface area (Å²) in [5, 5.41) is 2.66. The lowest BCUT2D eigenvalue weighted by Gasteiger charge is -2.35. The van der Waals surface area contributed by atoms with Gasteiger partial charge in [-0.15, -0.1) is 0 Å². The Morgan fingerprint density at radius 1 is 0.514 bits per heavy atom. The molecule has 184 valence electrons. The van der Waals surface area contributed by atoms with Crippen molar-refractivity contribution >= 4 is 10.8 Å². The molecule has 0 N–H and O–H groups in total. The molecule has 0 bridgehead atoms. The smallest absolute Gasteiger partial charge is 0.0587 e. The molecular weight excluding hydrogens is 444 g/mol. The van der Waals surface area contributed by atoms with Crippen molar-refractivity contribution in [2.75, 3.05) is 0 Å². The van der Waals surface area contributed by atoms with Crippen molar-refractivity contribution in [2.24, 2.45) is 0 Å². The predicted molar refractivity (Wildman–Crippen MR) is 159 cm³/mol.